The van der Waals surface area contributed by atoms with Crippen molar-refractivity contribution in [2.75, 3.05) is 0 Å². The van der Waals surface area contributed by atoms with Gasteiger partial charge in [0.15, 0.2) is 0 Å². The minimum atomic E-state index is -0.188. The van der Waals surface area contributed by atoms with Crippen LogP contribution < -0.4 is 11.3 Å². The normalized spacial score (nSPS) is 10.2. The lowest BCUT2D eigenvalue weighted by molar-refractivity contribution is -0.120. The van der Waals surface area contributed by atoms with Crippen molar-refractivity contribution < 1.29 is 4.79 Å². The second-order valence-corrected chi connectivity index (χ2v) is 2.58. The van der Waals surface area contributed by atoms with Crippen LogP contribution in [-0.4, -0.2) is 5.91 Å². The van der Waals surface area contributed by atoms with Gasteiger partial charge < -0.3 is 0 Å². The summed E-state index contributed by atoms with van der Waals surface area (Å²) in [5.74, 6) is 4.73. The molecule has 0 saturated heterocycles. The lowest BCUT2D eigenvalue weighted by atomic mass is 10.2. The van der Waals surface area contributed by atoms with E-state index in [0.717, 1.165) is 5.56 Å². The Morgan fingerprint density at radius 3 is 2.69 bits per heavy atom. The zero-order valence-corrected chi connectivity index (χ0v) is 7.23. The third-order valence-electron chi connectivity index (χ3n) is 1.57. The van der Waals surface area contributed by atoms with Crippen LogP contribution in [0.1, 0.15) is 12.0 Å². The number of hydrogen-bond acceptors (Lipinski definition) is 2. The van der Waals surface area contributed by atoms with E-state index in [9.17, 15) is 4.79 Å². The van der Waals surface area contributed by atoms with Crippen LogP contribution in [0.25, 0.3) is 6.08 Å². The number of rotatable bonds is 3. The zero-order chi connectivity index (χ0) is 9.52. The molecule has 0 fully saturated rings. The predicted octanol–water partition coefficient (Wildman–Crippen LogP) is 1.08. The molecule has 13 heavy (non-hydrogen) atoms. The Kier molecular flexibility index (Phi) is 3.73. The van der Waals surface area contributed by atoms with Crippen LogP contribution in [0.15, 0.2) is 36.4 Å². The SMILES string of the molecule is NNC(=O)C/C=C/c1ccccc1. The van der Waals surface area contributed by atoms with Gasteiger partial charge in [-0.25, -0.2) is 5.84 Å². The maximum absolute atomic E-state index is 10.7. The van der Waals surface area contributed by atoms with Crippen molar-refractivity contribution in [3.05, 3.63) is 42.0 Å². The molecule has 1 amide bonds. The molecule has 0 unspecified atom stereocenters. The van der Waals surface area contributed by atoms with E-state index in [1.165, 1.54) is 0 Å². The molecule has 3 N–H and O–H groups in total. The molecule has 3 heteroatoms. The van der Waals surface area contributed by atoms with E-state index in [1.807, 2.05) is 36.4 Å². The number of carbonyl (C=O) groups excluding carboxylic acids is 1. The molecule has 0 saturated carbocycles. The van der Waals surface area contributed by atoms with E-state index in [0.29, 0.717) is 6.42 Å². The van der Waals surface area contributed by atoms with Crippen molar-refractivity contribution >= 4 is 12.0 Å². The van der Waals surface area contributed by atoms with Gasteiger partial charge >= 0.3 is 0 Å². The third kappa shape index (κ3) is 3.53. The number of hydrazine groups is 1. The molecular formula is C10H12N2O. The summed E-state index contributed by atoms with van der Waals surface area (Å²) >= 11 is 0. The molecule has 0 atom stereocenters. The number of hydrogen-bond donors (Lipinski definition) is 2. The second-order valence-electron chi connectivity index (χ2n) is 2.58. The Hall–Kier alpha value is -1.61. The van der Waals surface area contributed by atoms with Gasteiger partial charge in [-0.2, -0.15) is 0 Å². The summed E-state index contributed by atoms with van der Waals surface area (Å²) in [5.41, 5.74) is 3.14. The van der Waals surface area contributed by atoms with Crippen LogP contribution in [0.2, 0.25) is 0 Å². The molecule has 1 rings (SSSR count). The number of carbonyl (C=O) groups is 1. The van der Waals surface area contributed by atoms with Crippen molar-refractivity contribution in [2.45, 2.75) is 6.42 Å². The largest absolute Gasteiger partial charge is 0.294 e. The first-order valence-electron chi connectivity index (χ1n) is 4.04. The summed E-state index contributed by atoms with van der Waals surface area (Å²) in [6.45, 7) is 0. The van der Waals surface area contributed by atoms with Crippen LogP contribution in [-0.2, 0) is 4.79 Å². The van der Waals surface area contributed by atoms with Gasteiger partial charge in [0.05, 0.1) is 0 Å². The van der Waals surface area contributed by atoms with E-state index in [-0.39, 0.29) is 5.91 Å². The highest BCUT2D eigenvalue weighted by Gasteiger charge is 1.91. The number of nitrogens with one attached hydrogen (secondary N) is 1. The van der Waals surface area contributed by atoms with Crippen LogP contribution in [0.3, 0.4) is 0 Å². The Balaban J connectivity index is 2.45. The maximum atomic E-state index is 10.7. The highest BCUT2D eigenvalue weighted by Crippen LogP contribution is 2.01. The molecule has 0 spiro atoms. The number of amides is 1. The van der Waals surface area contributed by atoms with Gasteiger partial charge in [-0.15, -0.1) is 0 Å². The third-order valence-corrected chi connectivity index (χ3v) is 1.57. The summed E-state index contributed by atoms with van der Waals surface area (Å²) in [7, 11) is 0. The van der Waals surface area contributed by atoms with Gasteiger partial charge in [-0.1, -0.05) is 42.5 Å². The number of benzene rings is 1. The fourth-order valence-electron chi connectivity index (χ4n) is 0.925. The van der Waals surface area contributed by atoms with Crippen molar-refractivity contribution in [1.82, 2.24) is 5.43 Å². The fourth-order valence-corrected chi connectivity index (χ4v) is 0.925. The molecule has 68 valence electrons. The lowest BCUT2D eigenvalue weighted by Gasteiger charge is -1.93. The van der Waals surface area contributed by atoms with Gasteiger partial charge in [0, 0.05) is 6.42 Å². The topological polar surface area (TPSA) is 55.1 Å². The first-order chi connectivity index (χ1) is 6.33. The van der Waals surface area contributed by atoms with Crippen molar-refractivity contribution in [2.24, 2.45) is 5.84 Å². The number of nitrogens with two attached hydrogens (primary N) is 1. The van der Waals surface area contributed by atoms with Gasteiger partial charge in [0.2, 0.25) is 5.91 Å². The Morgan fingerprint density at radius 2 is 2.08 bits per heavy atom. The smallest absolute Gasteiger partial charge is 0.237 e. The van der Waals surface area contributed by atoms with Crippen LogP contribution in [0.4, 0.5) is 0 Å². The molecule has 0 aliphatic carbocycles. The maximum Gasteiger partial charge on any atom is 0.237 e. The standard InChI is InChI=1S/C10H12N2O/c11-12-10(13)8-4-7-9-5-2-1-3-6-9/h1-7H,8,11H2,(H,12,13)/b7-4+. The summed E-state index contributed by atoms with van der Waals surface area (Å²) < 4.78 is 0. The minimum absolute atomic E-state index is 0.188. The minimum Gasteiger partial charge on any atom is -0.294 e. The van der Waals surface area contributed by atoms with Crippen molar-refractivity contribution in [3.63, 3.8) is 0 Å². The Labute approximate surface area is 77.2 Å². The molecule has 0 aliphatic heterocycles. The fraction of sp³-hybridized carbons (Fsp3) is 0.100. The highest BCUT2D eigenvalue weighted by molar-refractivity contribution is 5.77. The summed E-state index contributed by atoms with van der Waals surface area (Å²) in [6, 6.07) is 9.78. The molecule has 0 bridgehead atoms. The van der Waals surface area contributed by atoms with Gasteiger partial charge in [-0.05, 0) is 5.56 Å². The first kappa shape index (κ1) is 9.48. The lowest BCUT2D eigenvalue weighted by Crippen LogP contribution is -2.29. The van der Waals surface area contributed by atoms with Gasteiger partial charge in [-0.3, -0.25) is 10.2 Å². The van der Waals surface area contributed by atoms with Crippen LogP contribution in [0.5, 0.6) is 0 Å². The first-order valence-corrected chi connectivity index (χ1v) is 4.04. The van der Waals surface area contributed by atoms with Crippen molar-refractivity contribution in [1.29, 1.82) is 0 Å². The molecule has 3 nitrogen and oxygen atoms in total. The summed E-state index contributed by atoms with van der Waals surface area (Å²) in [6.07, 6.45) is 3.97. The Bertz CT molecular complexity index is 293. The molecule has 0 aliphatic rings. The summed E-state index contributed by atoms with van der Waals surface area (Å²) in [5, 5.41) is 0. The second kappa shape index (κ2) is 5.11. The average molecular weight is 176 g/mol. The van der Waals surface area contributed by atoms with E-state index >= 15 is 0 Å². The molecule has 1 aromatic rings. The molecule has 0 aromatic heterocycles. The monoisotopic (exact) mass is 176 g/mol. The van der Waals surface area contributed by atoms with Crippen molar-refractivity contribution in [3.8, 4) is 0 Å². The van der Waals surface area contributed by atoms with E-state index in [2.05, 4.69) is 5.43 Å². The highest BCUT2D eigenvalue weighted by atomic mass is 16.2. The van der Waals surface area contributed by atoms with Gasteiger partial charge in [0.1, 0.15) is 0 Å². The molecular weight excluding hydrogens is 164 g/mol. The quantitative estimate of drug-likeness (QED) is 0.411. The molecule has 0 radical (unpaired) electrons. The van der Waals surface area contributed by atoms with Crippen LogP contribution in [0, 0.1) is 0 Å². The molecule has 0 heterocycles. The Morgan fingerprint density at radius 1 is 1.38 bits per heavy atom. The average Bonchev–Trinajstić information content (AvgIpc) is 2.19. The van der Waals surface area contributed by atoms with Gasteiger partial charge in [0.25, 0.3) is 0 Å². The zero-order valence-electron chi connectivity index (χ0n) is 7.23. The molecule has 1 aromatic carbocycles. The summed E-state index contributed by atoms with van der Waals surface area (Å²) in [4.78, 5) is 10.7. The van der Waals surface area contributed by atoms with E-state index in [4.69, 9.17) is 5.84 Å². The van der Waals surface area contributed by atoms with E-state index < -0.39 is 0 Å². The predicted molar refractivity (Wildman–Crippen MR) is 52.4 cm³/mol. The van der Waals surface area contributed by atoms with E-state index in [1.54, 1.807) is 6.08 Å². The van der Waals surface area contributed by atoms with Crippen LogP contribution >= 0.6 is 0 Å².